The van der Waals surface area contributed by atoms with Crippen molar-refractivity contribution in [1.29, 1.82) is 0 Å². The van der Waals surface area contributed by atoms with E-state index in [0.29, 0.717) is 34.4 Å². The molecule has 3 aliphatic heterocycles. The summed E-state index contributed by atoms with van der Waals surface area (Å²) in [6, 6.07) is 11.7. The van der Waals surface area contributed by atoms with Crippen molar-refractivity contribution in [1.82, 2.24) is 19.9 Å². The van der Waals surface area contributed by atoms with Crippen molar-refractivity contribution >= 4 is 39.1 Å². The largest absolute Gasteiger partial charge is 0.461 e. The average molecular weight is 588 g/mol. The second-order valence-corrected chi connectivity index (χ2v) is 13.1. The molecule has 8 rings (SSSR count). The molecule has 1 saturated carbocycles. The Balaban J connectivity index is 1.23. The van der Waals surface area contributed by atoms with Crippen LogP contribution in [0.25, 0.3) is 32.9 Å². The SMILES string of the molecule is CO[C@H]1CN2CCC[C@]2(COc2nc(N3CC4CCC(C4)C3)c3cnc(-c4cccc5cccc(Cl)c45)c(F)c3n2)C1. The zero-order chi connectivity index (χ0) is 28.4. The van der Waals surface area contributed by atoms with E-state index >= 15 is 4.39 Å². The molecule has 4 aromatic rings. The molecule has 2 aromatic carbocycles. The molecule has 4 aliphatic rings. The summed E-state index contributed by atoms with van der Waals surface area (Å²) in [5, 5.41) is 2.90. The Morgan fingerprint density at radius 2 is 1.88 bits per heavy atom. The highest BCUT2D eigenvalue weighted by molar-refractivity contribution is 6.36. The minimum Gasteiger partial charge on any atom is -0.461 e. The summed E-state index contributed by atoms with van der Waals surface area (Å²) in [5.74, 6) is 1.53. The van der Waals surface area contributed by atoms with Crippen LogP contribution in [0.1, 0.15) is 38.5 Å². The quantitative estimate of drug-likeness (QED) is 0.255. The number of methoxy groups -OCH3 is 1. The smallest absolute Gasteiger partial charge is 0.319 e. The van der Waals surface area contributed by atoms with Gasteiger partial charge in [-0.3, -0.25) is 9.88 Å². The highest BCUT2D eigenvalue weighted by Crippen LogP contribution is 2.43. The fraction of sp³-hybridized carbons (Fsp3) is 0.485. The molecular formula is C33H35ClFN5O2. The Hall–Kier alpha value is -3.07. The van der Waals surface area contributed by atoms with Gasteiger partial charge in [-0.05, 0) is 68.4 Å². The Bertz CT molecular complexity index is 1670. The van der Waals surface area contributed by atoms with Crippen molar-refractivity contribution in [3.05, 3.63) is 53.4 Å². The van der Waals surface area contributed by atoms with Crippen molar-refractivity contribution in [3.8, 4) is 17.3 Å². The Morgan fingerprint density at radius 1 is 1.07 bits per heavy atom. The molecule has 9 heteroatoms. The third kappa shape index (κ3) is 4.33. The molecule has 4 atom stereocenters. The molecule has 2 aromatic heterocycles. The highest BCUT2D eigenvalue weighted by atomic mass is 35.5. The number of anilines is 1. The lowest BCUT2D eigenvalue weighted by atomic mass is 9.94. The van der Waals surface area contributed by atoms with Crippen LogP contribution in [0.15, 0.2) is 42.6 Å². The van der Waals surface area contributed by atoms with Gasteiger partial charge in [0.1, 0.15) is 23.6 Å². The van der Waals surface area contributed by atoms with Crippen LogP contribution in [0.5, 0.6) is 6.01 Å². The monoisotopic (exact) mass is 587 g/mol. The van der Waals surface area contributed by atoms with Gasteiger partial charge in [-0.2, -0.15) is 9.97 Å². The maximum absolute atomic E-state index is 16.7. The van der Waals surface area contributed by atoms with Crippen LogP contribution in [-0.4, -0.2) is 71.4 Å². The predicted molar refractivity (Wildman–Crippen MR) is 163 cm³/mol. The third-order valence-electron chi connectivity index (χ3n) is 10.2. The fourth-order valence-electron chi connectivity index (χ4n) is 8.21. The Labute approximate surface area is 250 Å². The Morgan fingerprint density at radius 3 is 2.69 bits per heavy atom. The maximum atomic E-state index is 16.7. The number of aromatic nitrogens is 3. The van der Waals surface area contributed by atoms with Gasteiger partial charge in [-0.15, -0.1) is 0 Å². The van der Waals surface area contributed by atoms with Gasteiger partial charge < -0.3 is 14.4 Å². The molecule has 4 fully saturated rings. The number of hydrogen-bond donors (Lipinski definition) is 0. The summed E-state index contributed by atoms with van der Waals surface area (Å²) >= 11 is 6.62. The van der Waals surface area contributed by atoms with E-state index in [9.17, 15) is 0 Å². The van der Waals surface area contributed by atoms with Crippen LogP contribution in [-0.2, 0) is 4.74 Å². The van der Waals surface area contributed by atoms with Gasteiger partial charge in [0.15, 0.2) is 5.82 Å². The van der Waals surface area contributed by atoms with Crippen LogP contribution >= 0.6 is 11.6 Å². The summed E-state index contributed by atoms with van der Waals surface area (Å²) in [6.45, 7) is 4.25. The number of benzene rings is 2. The van der Waals surface area contributed by atoms with Crippen molar-refractivity contribution < 1.29 is 13.9 Å². The molecule has 42 heavy (non-hydrogen) atoms. The van der Waals surface area contributed by atoms with Gasteiger partial charge in [0.2, 0.25) is 0 Å². The van der Waals surface area contributed by atoms with E-state index in [1.54, 1.807) is 13.3 Å². The van der Waals surface area contributed by atoms with Gasteiger partial charge in [-0.1, -0.05) is 41.9 Å². The predicted octanol–water partition coefficient (Wildman–Crippen LogP) is 6.51. The molecule has 0 radical (unpaired) electrons. The normalized spacial score (nSPS) is 27.3. The lowest BCUT2D eigenvalue weighted by Crippen LogP contribution is -2.43. The molecule has 0 amide bonds. The summed E-state index contributed by atoms with van der Waals surface area (Å²) < 4.78 is 28.8. The van der Waals surface area contributed by atoms with Crippen LogP contribution in [0.3, 0.4) is 0 Å². The first-order valence-corrected chi connectivity index (χ1v) is 15.6. The standard InChI is InChI=1S/C33H35ClFN5O2/c1-41-23-14-33(11-4-12-40(33)18-23)19-42-32-37-30-25(31(38-32)39-16-20-9-10-21(13-20)17-39)15-36-29(28(30)35)24-7-2-5-22-6-3-8-26(34)27(22)24/h2-3,5-8,15,20-21,23H,4,9-14,16-19H2,1H3/t20?,21?,23-,33-/m1/s1. The van der Waals surface area contributed by atoms with Crippen LogP contribution < -0.4 is 9.64 Å². The molecule has 2 bridgehead atoms. The summed E-state index contributed by atoms with van der Waals surface area (Å²) in [6.07, 6.45) is 8.78. The van der Waals surface area contributed by atoms with Crippen LogP contribution in [0, 0.1) is 17.7 Å². The molecule has 0 N–H and O–H groups in total. The first-order chi connectivity index (χ1) is 20.5. The summed E-state index contributed by atoms with van der Waals surface area (Å²) in [7, 11) is 1.78. The zero-order valence-corrected chi connectivity index (χ0v) is 24.6. The van der Waals surface area contributed by atoms with Crippen LogP contribution in [0.4, 0.5) is 10.2 Å². The third-order valence-corrected chi connectivity index (χ3v) is 10.5. The minimum atomic E-state index is -0.477. The second kappa shape index (κ2) is 10.3. The molecule has 3 saturated heterocycles. The number of pyridine rings is 1. The Kier molecular flexibility index (Phi) is 6.50. The molecule has 5 heterocycles. The molecule has 2 unspecified atom stereocenters. The van der Waals surface area contributed by atoms with E-state index in [-0.39, 0.29) is 28.9 Å². The average Bonchev–Trinajstić information content (AvgIpc) is 3.67. The molecular weight excluding hydrogens is 553 g/mol. The highest BCUT2D eigenvalue weighted by Gasteiger charge is 2.49. The van der Waals surface area contributed by atoms with Crippen molar-refractivity contribution in [3.63, 3.8) is 0 Å². The lowest BCUT2D eigenvalue weighted by molar-refractivity contribution is 0.0997. The summed E-state index contributed by atoms with van der Waals surface area (Å²) in [5.41, 5.74) is 1.03. The van der Waals surface area contributed by atoms with Crippen molar-refractivity contribution in [2.75, 3.05) is 44.8 Å². The van der Waals surface area contributed by atoms with Gasteiger partial charge >= 0.3 is 6.01 Å². The fourth-order valence-corrected chi connectivity index (χ4v) is 8.50. The van der Waals surface area contributed by atoms with E-state index in [2.05, 4.69) is 14.8 Å². The van der Waals surface area contributed by atoms with Crippen molar-refractivity contribution in [2.24, 2.45) is 11.8 Å². The maximum Gasteiger partial charge on any atom is 0.319 e. The van der Waals surface area contributed by atoms with E-state index < -0.39 is 5.82 Å². The van der Waals surface area contributed by atoms with Crippen LogP contribution in [0.2, 0.25) is 5.02 Å². The number of nitrogens with zero attached hydrogens (tertiary/aromatic N) is 5. The molecule has 7 nitrogen and oxygen atoms in total. The number of fused-ring (bicyclic) bond motifs is 5. The van der Waals surface area contributed by atoms with Gasteiger partial charge in [0.25, 0.3) is 0 Å². The first-order valence-electron chi connectivity index (χ1n) is 15.2. The number of halogens is 2. The zero-order valence-electron chi connectivity index (χ0n) is 23.9. The topological polar surface area (TPSA) is 63.6 Å². The lowest BCUT2D eigenvalue weighted by Gasteiger charge is -2.34. The molecule has 1 aliphatic carbocycles. The van der Waals surface area contributed by atoms with E-state index in [1.807, 2.05) is 36.4 Å². The first kappa shape index (κ1) is 26.5. The number of rotatable bonds is 6. The van der Waals surface area contributed by atoms with E-state index in [0.717, 1.165) is 62.0 Å². The van der Waals surface area contributed by atoms with E-state index in [1.165, 1.54) is 19.3 Å². The molecule has 0 spiro atoms. The minimum absolute atomic E-state index is 0.0922. The molecule has 218 valence electrons. The van der Waals surface area contributed by atoms with Crippen molar-refractivity contribution in [2.45, 2.75) is 50.2 Å². The second-order valence-electron chi connectivity index (χ2n) is 12.7. The summed E-state index contributed by atoms with van der Waals surface area (Å²) in [4.78, 5) is 19.2. The number of ether oxygens (including phenoxy) is 2. The van der Waals surface area contributed by atoms with Gasteiger partial charge in [0, 0.05) is 48.9 Å². The van der Waals surface area contributed by atoms with Gasteiger partial charge in [-0.25, -0.2) is 4.39 Å². The van der Waals surface area contributed by atoms with E-state index in [4.69, 9.17) is 31.0 Å². The van der Waals surface area contributed by atoms with Gasteiger partial charge in [0.05, 0.1) is 17.0 Å². The number of piperidine rings is 1. The number of hydrogen-bond acceptors (Lipinski definition) is 7.